The number of carbonyl (C=O) groups is 4. The summed E-state index contributed by atoms with van der Waals surface area (Å²) in [5.41, 5.74) is 0. The standard InChI is InChI=1S/C23H39N3O5/c1-4-5-16-6-8-19(9-7-16)31-23(30)26-20(12-15(2)3)22(29)25-18(14-27)13-17-10-11-24-21(17)28/h14-20H,4-13H2,1-3H3,(H,24,28)(H,25,29)(H,26,30). The molecule has 0 aromatic rings. The number of alkyl carbamates (subject to hydrolysis) is 1. The maximum Gasteiger partial charge on any atom is 0.408 e. The monoisotopic (exact) mass is 437 g/mol. The predicted molar refractivity (Wildman–Crippen MR) is 117 cm³/mol. The molecule has 2 fully saturated rings. The van der Waals surface area contributed by atoms with E-state index in [0.717, 1.165) is 31.6 Å². The van der Waals surface area contributed by atoms with Gasteiger partial charge in [-0.05, 0) is 56.8 Å². The molecule has 2 aliphatic rings. The first-order valence-electron chi connectivity index (χ1n) is 11.8. The average Bonchev–Trinajstić information content (AvgIpc) is 3.12. The summed E-state index contributed by atoms with van der Waals surface area (Å²) in [6.45, 7) is 6.70. The van der Waals surface area contributed by atoms with Crippen LogP contribution in [0.5, 0.6) is 0 Å². The highest BCUT2D eigenvalue weighted by Gasteiger charge is 2.31. The lowest BCUT2D eigenvalue weighted by atomic mass is 9.85. The molecule has 1 saturated carbocycles. The Bertz CT molecular complexity index is 616. The zero-order valence-electron chi connectivity index (χ0n) is 19.2. The second kappa shape index (κ2) is 12.7. The van der Waals surface area contributed by atoms with Crippen molar-refractivity contribution in [1.82, 2.24) is 16.0 Å². The zero-order chi connectivity index (χ0) is 22.8. The van der Waals surface area contributed by atoms with E-state index in [1.165, 1.54) is 12.8 Å². The van der Waals surface area contributed by atoms with Crippen LogP contribution in [0.2, 0.25) is 0 Å². The third-order valence-electron chi connectivity index (χ3n) is 6.27. The minimum Gasteiger partial charge on any atom is -0.446 e. The molecule has 8 nitrogen and oxygen atoms in total. The van der Waals surface area contributed by atoms with Gasteiger partial charge in [0, 0.05) is 12.5 Å². The molecule has 3 unspecified atom stereocenters. The second-order valence-corrected chi connectivity index (χ2v) is 9.43. The Morgan fingerprint density at radius 3 is 2.42 bits per heavy atom. The van der Waals surface area contributed by atoms with Gasteiger partial charge in [0.2, 0.25) is 11.8 Å². The Morgan fingerprint density at radius 1 is 1.16 bits per heavy atom. The first-order valence-corrected chi connectivity index (χ1v) is 11.8. The van der Waals surface area contributed by atoms with Crippen molar-refractivity contribution < 1.29 is 23.9 Å². The Labute approximate surface area is 185 Å². The molecular weight excluding hydrogens is 398 g/mol. The van der Waals surface area contributed by atoms with Crippen molar-refractivity contribution in [1.29, 1.82) is 0 Å². The number of hydrogen-bond acceptors (Lipinski definition) is 5. The Kier molecular flexibility index (Phi) is 10.3. The van der Waals surface area contributed by atoms with Crippen LogP contribution in [0.4, 0.5) is 4.79 Å². The van der Waals surface area contributed by atoms with Crippen LogP contribution in [0.15, 0.2) is 0 Å². The first-order chi connectivity index (χ1) is 14.8. The van der Waals surface area contributed by atoms with Gasteiger partial charge in [-0.3, -0.25) is 9.59 Å². The minimum absolute atomic E-state index is 0.0878. The van der Waals surface area contributed by atoms with Gasteiger partial charge in [-0.15, -0.1) is 0 Å². The number of hydrogen-bond donors (Lipinski definition) is 3. The topological polar surface area (TPSA) is 114 Å². The lowest BCUT2D eigenvalue weighted by Crippen LogP contribution is -2.51. The van der Waals surface area contributed by atoms with Gasteiger partial charge in [-0.25, -0.2) is 4.79 Å². The third-order valence-corrected chi connectivity index (χ3v) is 6.27. The number of ether oxygens (including phenoxy) is 1. The molecule has 0 bridgehead atoms. The van der Waals surface area contributed by atoms with Crippen molar-refractivity contribution in [3.8, 4) is 0 Å². The highest BCUT2D eigenvalue weighted by molar-refractivity contribution is 5.88. The van der Waals surface area contributed by atoms with E-state index in [9.17, 15) is 19.2 Å². The van der Waals surface area contributed by atoms with Crippen molar-refractivity contribution in [3.63, 3.8) is 0 Å². The number of carbonyl (C=O) groups excluding carboxylic acids is 4. The number of rotatable bonds is 11. The van der Waals surface area contributed by atoms with Crippen LogP contribution in [0.3, 0.4) is 0 Å². The maximum absolute atomic E-state index is 12.8. The quantitative estimate of drug-likeness (QED) is 0.430. The molecule has 0 aromatic heterocycles. The summed E-state index contributed by atoms with van der Waals surface area (Å²) in [5, 5.41) is 8.12. The molecule has 0 radical (unpaired) electrons. The SMILES string of the molecule is CCCC1CCC(OC(=O)NC(CC(C)C)C(=O)NC(C=O)CC2CCNC2=O)CC1. The Morgan fingerprint density at radius 2 is 1.87 bits per heavy atom. The van der Waals surface area contributed by atoms with Gasteiger partial charge < -0.3 is 25.5 Å². The van der Waals surface area contributed by atoms with E-state index >= 15 is 0 Å². The van der Waals surface area contributed by atoms with Gasteiger partial charge in [-0.1, -0.05) is 33.6 Å². The fraction of sp³-hybridized carbons (Fsp3) is 0.826. The van der Waals surface area contributed by atoms with Crippen LogP contribution < -0.4 is 16.0 Å². The van der Waals surface area contributed by atoms with Gasteiger partial charge in [0.1, 0.15) is 18.4 Å². The van der Waals surface area contributed by atoms with Gasteiger partial charge in [-0.2, -0.15) is 0 Å². The van der Waals surface area contributed by atoms with E-state index in [0.29, 0.717) is 25.7 Å². The largest absolute Gasteiger partial charge is 0.446 e. The van der Waals surface area contributed by atoms with E-state index in [2.05, 4.69) is 22.9 Å². The molecule has 3 atom stereocenters. The van der Waals surface area contributed by atoms with E-state index in [1.807, 2.05) is 13.8 Å². The number of nitrogens with one attached hydrogen (secondary N) is 3. The molecule has 1 heterocycles. The van der Waals surface area contributed by atoms with Crippen LogP contribution in [-0.2, 0) is 19.1 Å². The number of aldehydes is 1. The minimum atomic E-state index is -0.788. The summed E-state index contributed by atoms with van der Waals surface area (Å²) in [6.07, 6.45) is 7.55. The van der Waals surface area contributed by atoms with Crippen molar-refractivity contribution >= 4 is 24.2 Å². The summed E-state index contributed by atoms with van der Waals surface area (Å²) in [6, 6.07) is -1.55. The highest BCUT2D eigenvalue weighted by Crippen LogP contribution is 2.29. The fourth-order valence-electron chi connectivity index (χ4n) is 4.59. The van der Waals surface area contributed by atoms with Crippen molar-refractivity contribution in [2.75, 3.05) is 6.54 Å². The third kappa shape index (κ3) is 8.50. The maximum atomic E-state index is 12.8. The van der Waals surface area contributed by atoms with Gasteiger partial charge in [0.25, 0.3) is 0 Å². The fourth-order valence-corrected chi connectivity index (χ4v) is 4.59. The molecule has 176 valence electrons. The molecule has 8 heteroatoms. The van der Waals surface area contributed by atoms with Gasteiger partial charge >= 0.3 is 6.09 Å². The van der Waals surface area contributed by atoms with Gasteiger partial charge in [0.15, 0.2) is 0 Å². The molecule has 0 aromatic carbocycles. The van der Waals surface area contributed by atoms with Crippen LogP contribution in [-0.4, -0.2) is 48.9 Å². The number of amides is 3. The van der Waals surface area contributed by atoms with Crippen molar-refractivity contribution in [3.05, 3.63) is 0 Å². The van der Waals surface area contributed by atoms with Crippen LogP contribution in [0.1, 0.15) is 78.6 Å². The molecular formula is C23H39N3O5. The van der Waals surface area contributed by atoms with Gasteiger partial charge in [0.05, 0.1) is 6.04 Å². The summed E-state index contributed by atoms with van der Waals surface area (Å²) in [5.74, 6) is 0.0910. The average molecular weight is 438 g/mol. The highest BCUT2D eigenvalue weighted by atomic mass is 16.6. The van der Waals surface area contributed by atoms with E-state index in [1.54, 1.807) is 0 Å². The first kappa shape index (κ1) is 25.1. The Hall–Kier alpha value is -2.12. The van der Waals surface area contributed by atoms with E-state index in [4.69, 9.17) is 4.74 Å². The van der Waals surface area contributed by atoms with Crippen LogP contribution in [0, 0.1) is 17.8 Å². The molecule has 1 saturated heterocycles. The molecule has 0 spiro atoms. The van der Waals surface area contributed by atoms with E-state index in [-0.39, 0.29) is 30.3 Å². The second-order valence-electron chi connectivity index (χ2n) is 9.43. The van der Waals surface area contributed by atoms with Crippen molar-refractivity contribution in [2.45, 2.75) is 96.7 Å². The van der Waals surface area contributed by atoms with E-state index < -0.39 is 24.1 Å². The van der Waals surface area contributed by atoms with Crippen molar-refractivity contribution in [2.24, 2.45) is 17.8 Å². The lowest BCUT2D eigenvalue weighted by molar-refractivity contribution is -0.127. The molecule has 31 heavy (non-hydrogen) atoms. The zero-order valence-corrected chi connectivity index (χ0v) is 19.2. The van der Waals surface area contributed by atoms with Crippen LogP contribution >= 0.6 is 0 Å². The summed E-state index contributed by atoms with van der Waals surface area (Å²) in [4.78, 5) is 48.5. The summed E-state index contributed by atoms with van der Waals surface area (Å²) < 4.78 is 5.58. The molecule has 2 rings (SSSR count). The molecule has 1 aliphatic heterocycles. The van der Waals surface area contributed by atoms with Crippen LogP contribution in [0.25, 0.3) is 0 Å². The molecule has 3 amide bonds. The summed E-state index contributed by atoms with van der Waals surface area (Å²) >= 11 is 0. The molecule has 3 N–H and O–H groups in total. The Balaban J connectivity index is 1.86. The molecule has 1 aliphatic carbocycles. The summed E-state index contributed by atoms with van der Waals surface area (Å²) in [7, 11) is 0. The lowest BCUT2D eigenvalue weighted by Gasteiger charge is -2.29. The smallest absolute Gasteiger partial charge is 0.408 e. The normalized spacial score (nSPS) is 25.4. The predicted octanol–water partition coefficient (Wildman–Crippen LogP) is 2.70.